The van der Waals surface area contributed by atoms with E-state index in [-0.39, 0.29) is 5.78 Å². The summed E-state index contributed by atoms with van der Waals surface area (Å²) in [5, 5.41) is 0. The Labute approximate surface area is 125 Å². The zero-order valence-electron chi connectivity index (χ0n) is 12.3. The highest BCUT2D eigenvalue weighted by atomic mass is 16.5. The van der Waals surface area contributed by atoms with Gasteiger partial charge in [0.15, 0.2) is 0 Å². The van der Waals surface area contributed by atoms with Crippen molar-refractivity contribution in [1.29, 1.82) is 0 Å². The van der Waals surface area contributed by atoms with Gasteiger partial charge in [-0.15, -0.1) is 6.58 Å². The highest BCUT2D eigenvalue weighted by Gasteiger charge is 2.44. The molecular formula is C18H20O3. The average molecular weight is 284 g/mol. The Morgan fingerprint density at radius 1 is 1.38 bits per heavy atom. The van der Waals surface area contributed by atoms with Gasteiger partial charge < -0.3 is 4.74 Å². The molecule has 0 aliphatic carbocycles. The molecule has 1 aromatic rings. The van der Waals surface area contributed by atoms with Gasteiger partial charge in [-0.3, -0.25) is 9.59 Å². The predicted molar refractivity (Wildman–Crippen MR) is 82.5 cm³/mol. The molecule has 2 rings (SSSR count). The van der Waals surface area contributed by atoms with Crippen molar-refractivity contribution in [2.45, 2.75) is 26.2 Å². The standard InChI is InChI=1S/C18H20O3/c1-3-11-18(14(2)19)13-16(10-7-12-21-17(18)20)15-8-5-4-6-9-15/h3-6,8-10H,1,7,11-13H2,2H3/b16-10+. The second kappa shape index (κ2) is 6.53. The number of allylic oxidation sites excluding steroid dienone is 2. The van der Waals surface area contributed by atoms with Crippen molar-refractivity contribution in [2.75, 3.05) is 6.61 Å². The maximum Gasteiger partial charge on any atom is 0.320 e. The molecular weight excluding hydrogens is 264 g/mol. The molecule has 0 N–H and O–H groups in total. The molecule has 0 radical (unpaired) electrons. The van der Waals surface area contributed by atoms with Gasteiger partial charge in [-0.1, -0.05) is 42.5 Å². The lowest BCUT2D eigenvalue weighted by atomic mass is 9.73. The Hall–Kier alpha value is -2.16. The fourth-order valence-corrected chi connectivity index (χ4v) is 2.68. The van der Waals surface area contributed by atoms with Crippen LogP contribution in [0.4, 0.5) is 0 Å². The molecule has 1 aliphatic heterocycles. The van der Waals surface area contributed by atoms with Gasteiger partial charge in [-0.25, -0.2) is 0 Å². The molecule has 1 aromatic carbocycles. The van der Waals surface area contributed by atoms with Crippen LogP contribution in [0.3, 0.4) is 0 Å². The summed E-state index contributed by atoms with van der Waals surface area (Å²) in [4.78, 5) is 24.6. The minimum Gasteiger partial charge on any atom is -0.465 e. The number of ketones is 1. The Balaban J connectivity index is 2.46. The van der Waals surface area contributed by atoms with Crippen molar-refractivity contribution in [3.05, 3.63) is 54.6 Å². The van der Waals surface area contributed by atoms with E-state index in [0.717, 1.165) is 11.1 Å². The number of carbonyl (C=O) groups excluding carboxylic acids is 2. The number of hydrogen-bond acceptors (Lipinski definition) is 3. The Bertz CT molecular complexity index is 571. The lowest BCUT2D eigenvalue weighted by Crippen LogP contribution is -2.40. The highest BCUT2D eigenvalue weighted by molar-refractivity contribution is 6.04. The van der Waals surface area contributed by atoms with Gasteiger partial charge in [0.05, 0.1) is 6.61 Å². The first-order valence-electron chi connectivity index (χ1n) is 7.14. The van der Waals surface area contributed by atoms with Crippen LogP contribution in [0.1, 0.15) is 31.7 Å². The van der Waals surface area contributed by atoms with Gasteiger partial charge in [-0.05, 0) is 30.9 Å². The van der Waals surface area contributed by atoms with E-state index in [1.54, 1.807) is 6.08 Å². The zero-order valence-corrected chi connectivity index (χ0v) is 12.3. The van der Waals surface area contributed by atoms with Gasteiger partial charge in [0.25, 0.3) is 0 Å². The van der Waals surface area contributed by atoms with E-state index >= 15 is 0 Å². The van der Waals surface area contributed by atoms with E-state index in [4.69, 9.17) is 4.74 Å². The largest absolute Gasteiger partial charge is 0.465 e. The number of esters is 1. The van der Waals surface area contributed by atoms with Crippen LogP contribution in [0.15, 0.2) is 49.1 Å². The van der Waals surface area contributed by atoms with Gasteiger partial charge >= 0.3 is 5.97 Å². The second-order valence-corrected chi connectivity index (χ2v) is 5.33. The average Bonchev–Trinajstić information content (AvgIpc) is 2.47. The smallest absolute Gasteiger partial charge is 0.320 e. The molecule has 0 fully saturated rings. The molecule has 1 unspecified atom stereocenters. The maximum atomic E-state index is 12.4. The minimum atomic E-state index is -1.15. The number of hydrogen-bond donors (Lipinski definition) is 0. The van der Waals surface area contributed by atoms with Crippen molar-refractivity contribution >= 4 is 17.3 Å². The van der Waals surface area contributed by atoms with Crippen LogP contribution in [0.5, 0.6) is 0 Å². The summed E-state index contributed by atoms with van der Waals surface area (Å²) >= 11 is 0. The van der Waals surface area contributed by atoms with Crippen molar-refractivity contribution in [1.82, 2.24) is 0 Å². The Morgan fingerprint density at radius 2 is 2.10 bits per heavy atom. The SMILES string of the molecule is C=CCC1(C(C)=O)C/C(c2ccccc2)=C\CCOC1=O. The molecule has 0 spiro atoms. The van der Waals surface area contributed by atoms with Crippen LogP contribution in [0.25, 0.3) is 5.57 Å². The lowest BCUT2D eigenvalue weighted by Gasteiger charge is -2.30. The third-order valence-electron chi connectivity index (χ3n) is 3.94. The Kier molecular flexibility index (Phi) is 4.73. The fourth-order valence-electron chi connectivity index (χ4n) is 2.68. The van der Waals surface area contributed by atoms with Crippen molar-refractivity contribution < 1.29 is 14.3 Å². The first-order chi connectivity index (χ1) is 10.1. The lowest BCUT2D eigenvalue weighted by molar-refractivity contribution is -0.159. The molecule has 1 heterocycles. The summed E-state index contributed by atoms with van der Waals surface area (Å²) in [6.45, 7) is 5.45. The first kappa shape index (κ1) is 15.2. The number of cyclic esters (lactones) is 1. The minimum absolute atomic E-state index is 0.170. The third-order valence-corrected chi connectivity index (χ3v) is 3.94. The first-order valence-corrected chi connectivity index (χ1v) is 7.14. The van der Waals surface area contributed by atoms with Gasteiger partial charge in [0, 0.05) is 6.42 Å². The van der Waals surface area contributed by atoms with Crippen molar-refractivity contribution in [3.8, 4) is 0 Å². The summed E-state index contributed by atoms with van der Waals surface area (Å²) in [5.74, 6) is -0.604. The molecule has 3 heteroatoms. The molecule has 0 bridgehead atoms. The number of carbonyl (C=O) groups is 2. The van der Waals surface area contributed by atoms with Gasteiger partial charge in [-0.2, -0.15) is 0 Å². The molecule has 1 aliphatic rings. The molecule has 21 heavy (non-hydrogen) atoms. The van der Waals surface area contributed by atoms with E-state index in [1.807, 2.05) is 30.3 Å². The van der Waals surface area contributed by atoms with Gasteiger partial charge in [0.1, 0.15) is 11.2 Å². The normalized spacial score (nSPS) is 25.0. The Morgan fingerprint density at radius 3 is 2.71 bits per heavy atom. The van der Waals surface area contributed by atoms with Crippen LogP contribution in [0.2, 0.25) is 0 Å². The van der Waals surface area contributed by atoms with Crippen LogP contribution in [-0.4, -0.2) is 18.4 Å². The monoisotopic (exact) mass is 284 g/mol. The summed E-state index contributed by atoms with van der Waals surface area (Å²) in [7, 11) is 0. The third kappa shape index (κ3) is 3.13. The van der Waals surface area contributed by atoms with E-state index in [0.29, 0.717) is 25.9 Å². The van der Waals surface area contributed by atoms with Crippen LogP contribution in [0, 0.1) is 5.41 Å². The van der Waals surface area contributed by atoms with E-state index in [2.05, 4.69) is 12.7 Å². The van der Waals surface area contributed by atoms with Crippen molar-refractivity contribution in [3.63, 3.8) is 0 Å². The summed E-state index contributed by atoms with van der Waals surface area (Å²) < 4.78 is 5.24. The quantitative estimate of drug-likeness (QED) is 0.482. The van der Waals surface area contributed by atoms with E-state index in [1.165, 1.54) is 6.92 Å². The topological polar surface area (TPSA) is 43.4 Å². The second-order valence-electron chi connectivity index (χ2n) is 5.33. The molecule has 3 nitrogen and oxygen atoms in total. The highest BCUT2D eigenvalue weighted by Crippen LogP contribution is 2.38. The molecule has 0 aromatic heterocycles. The van der Waals surface area contributed by atoms with Gasteiger partial charge in [0.2, 0.25) is 0 Å². The number of Topliss-reactive ketones (excluding diaryl/α,β-unsaturated/α-hetero) is 1. The van der Waals surface area contributed by atoms with Crippen LogP contribution < -0.4 is 0 Å². The molecule has 0 saturated carbocycles. The van der Waals surface area contributed by atoms with E-state index < -0.39 is 11.4 Å². The predicted octanol–water partition coefficient (Wildman–Crippen LogP) is 3.56. The van der Waals surface area contributed by atoms with Crippen LogP contribution >= 0.6 is 0 Å². The molecule has 1 atom stereocenters. The maximum absolute atomic E-state index is 12.4. The summed E-state index contributed by atoms with van der Waals surface area (Å²) in [6.07, 6.45) is 5.00. The number of benzene rings is 1. The molecule has 0 amide bonds. The van der Waals surface area contributed by atoms with E-state index in [9.17, 15) is 9.59 Å². The van der Waals surface area contributed by atoms with Crippen molar-refractivity contribution in [2.24, 2.45) is 5.41 Å². The molecule has 110 valence electrons. The number of rotatable bonds is 4. The van der Waals surface area contributed by atoms with Crippen LogP contribution in [-0.2, 0) is 14.3 Å². The number of ether oxygens (including phenoxy) is 1. The summed E-state index contributed by atoms with van der Waals surface area (Å²) in [6, 6.07) is 9.85. The fraction of sp³-hybridized carbons (Fsp3) is 0.333. The summed E-state index contributed by atoms with van der Waals surface area (Å²) in [5.41, 5.74) is 0.912. The molecule has 0 saturated heterocycles. The zero-order chi connectivity index (χ0) is 15.3.